The molecule has 0 bridgehead atoms. The van der Waals surface area contributed by atoms with Gasteiger partial charge >= 0.3 is 0 Å². The van der Waals surface area contributed by atoms with Crippen molar-refractivity contribution in [2.45, 2.75) is 26.3 Å². The molecule has 0 radical (unpaired) electrons. The molecular weight excluding hydrogens is 346 g/mol. The first-order chi connectivity index (χ1) is 11.5. The Bertz CT molecular complexity index is 855. The first kappa shape index (κ1) is 16.7. The van der Waals surface area contributed by atoms with Gasteiger partial charge in [0, 0.05) is 22.0 Å². The van der Waals surface area contributed by atoms with Crippen LogP contribution in [0.2, 0.25) is 5.02 Å². The van der Waals surface area contributed by atoms with E-state index in [1.807, 2.05) is 18.4 Å². The number of halogens is 1. The lowest BCUT2D eigenvalue weighted by molar-refractivity contribution is -0.118. The van der Waals surface area contributed by atoms with Crippen LogP contribution < -0.4 is 4.90 Å². The highest BCUT2D eigenvalue weighted by molar-refractivity contribution is 7.10. The van der Waals surface area contributed by atoms with Gasteiger partial charge in [0.05, 0.1) is 5.57 Å². The summed E-state index contributed by atoms with van der Waals surface area (Å²) in [6, 6.07) is 8.16. The maximum absolute atomic E-state index is 12.7. The molecule has 0 fully saturated rings. The highest BCUT2D eigenvalue weighted by Gasteiger charge is 2.44. The second kappa shape index (κ2) is 6.42. The zero-order valence-electron chi connectivity index (χ0n) is 13.2. The highest BCUT2D eigenvalue weighted by atomic mass is 35.5. The molecule has 0 saturated heterocycles. The molecule has 1 N–H and O–H groups in total. The number of carbonyl (C=O) groups is 2. The van der Waals surface area contributed by atoms with Crippen LogP contribution in [0.25, 0.3) is 0 Å². The monoisotopic (exact) mass is 361 g/mol. The van der Waals surface area contributed by atoms with Crippen molar-refractivity contribution in [3.8, 4) is 0 Å². The Morgan fingerprint density at radius 1 is 1.38 bits per heavy atom. The summed E-state index contributed by atoms with van der Waals surface area (Å²) in [4.78, 5) is 27.4. The van der Waals surface area contributed by atoms with Gasteiger partial charge in [0.2, 0.25) is 0 Å². The van der Waals surface area contributed by atoms with E-state index in [4.69, 9.17) is 11.6 Å². The average molecular weight is 362 g/mol. The van der Waals surface area contributed by atoms with E-state index < -0.39 is 17.7 Å². The molecule has 1 aliphatic heterocycles. The molecule has 6 heteroatoms. The van der Waals surface area contributed by atoms with Crippen molar-refractivity contribution in [3.05, 3.63) is 62.5 Å². The van der Waals surface area contributed by atoms with Gasteiger partial charge in [0.1, 0.15) is 6.04 Å². The number of benzene rings is 1. The Hall–Kier alpha value is -2.11. The van der Waals surface area contributed by atoms with Gasteiger partial charge in [-0.15, -0.1) is 11.3 Å². The molecule has 24 heavy (non-hydrogen) atoms. The number of hydrogen-bond donors (Lipinski definition) is 1. The molecule has 1 atom stereocenters. The van der Waals surface area contributed by atoms with E-state index >= 15 is 0 Å². The van der Waals surface area contributed by atoms with Crippen LogP contribution in [0.1, 0.15) is 29.8 Å². The maximum Gasteiger partial charge on any atom is 0.294 e. The molecule has 3 rings (SSSR count). The molecule has 0 aliphatic carbocycles. The zero-order valence-corrected chi connectivity index (χ0v) is 14.8. The normalized spacial score (nSPS) is 17.7. The summed E-state index contributed by atoms with van der Waals surface area (Å²) >= 11 is 7.52. The van der Waals surface area contributed by atoms with E-state index in [9.17, 15) is 14.7 Å². The zero-order chi connectivity index (χ0) is 17.4. The number of amides is 1. The summed E-state index contributed by atoms with van der Waals surface area (Å²) in [5, 5.41) is 12.8. The lowest BCUT2D eigenvalue weighted by Gasteiger charge is -2.26. The number of carbonyl (C=O) groups excluding carboxylic acids is 2. The third-order valence-corrected chi connectivity index (χ3v) is 5.37. The van der Waals surface area contributed by atoms with Crippen molar-refractivity contribution in [2.75, 3.05) is 4.90 Å². The van der Waals surface area contributed by atoms with Crippen LogP contribution in [0.5, 0.6) is 0 Å². The standard InChI is InChI=1S/C18H16ClNO3S/c1-3-13(21)14-15(17-10(2)7-8-24-17)20(18(23)16(14)22)12-6-4-5-11(19)9-12/h4-9,15,22H,3H2,1-2H3. The second-order valence-corrected chi connectivity index (χ2v) is 6.95. The van der Waals surface area contributed by atoms with Gasteiger partial charge < -0.3 is 5.11 Å². The first-order valence-corrected chi connectivity index (χ1v) is 8.81. The van der Waals surface area contributed by atoms with Crippen molar-refractivity contribution in [3.63, 3.8) is 0 Å². The van der Waals surface area contributed by atoms with Crippen LogP contribution in [0.3, 0.4) is 0 Å². The number of aryl methyl sites for hydroxylation is 1. The SMILES string of the molecule is CCC(=O)C1=C(O)C(=O)N(c2cccc(Cl)c2)C1c1sccc1C. The lowest BCUT2D eigenvalue weighted by Crippen LogP contribution is -2.30. The summed E-state index contributed by atoms with van der Waals surface area (Å²) in [6.07, 6.45) is 0.219. The largest absolute Gasteiger partial charge is 0.503 e. The number of Topliss-reactive ketones (excluding diaryl/α,β-unsaturated/α-hetero) is 1. The molecule has 1 aromatic carbocycles. The summed E-state index contributed by atoms with van der Waals surface area (Å²) in [5.74, 6) is -1.28. The Morgan fingerprint density at radius 3 is 2.71 bits per heavy atom. The van der Waals surface area contributed by atoms with Gasteiger partial charge in [-0.25, -0.2) is 0 Å². The van der Waals surface area contributed by atoms with Crippen LogP contribution in [0.4, 0.5) is 5.69 Å². The van der Waals surface area contributed by atoms with Gasteiger partial charge in [-0.2, -0.15) is 0 Å². The first-order valence-electron chi connectivity index (χ1n) is 7.55. The number of aliphatic hydroxyl groups is 1. The number of hydrogen-bond acceptors (Lipinski definition) is 4. The Labute approximate surface area is 149 Å². The fraction of sp³-hybridized carbons (Fsp3) is 0.222. The van der Waals surface area contributed by atoms with Crippen molar-refractivity contribution in [1.29, 1.82) is 0 Å². The fourth-order valence-electron chi connectivity index (χ4n) is 2.89. The van der Waals surface area contributed by atoms with Gasteiger partial charge in [-0.1, -0.05) is 24.6 Å². The highest BCUT2D eigenvalue weighted by Crippen LogP contribution is 2.44. The Morgan fingerprint density at radius 2 is 2.12 bits per heavy atom. The van der Waals surface area contributed by atoms with Crippen LogP contribution in [-0.2, 0) is 9.59 Å². The number of thiophene rings is 1. The minimum absolute atomic E-state index is 0.160. The molecule has 1 aliphatic rings. The van der Waals surface area contributed by atoms with Crippen LogP contribution in [0, 0.1) is 6.92 Å². The Kier molecular flexibility index (Phi) is 4.47. The summed E-state index contributed by atoms with van der Waals surface area (Å²) in [7, 11) is 0. The number of anilines is 1. The summed E-state index contributed by atoms with van der Waals surface area (Å²) < 4.78 is 0. The molecule has 2 aromatic rings. The topological polar surface area (TPSA) is 57.6 Å². The van der Waals surface area contributed by atoms with Crippen molar-refractivity contribution < 1.29 is 14.7 Å². The number of nitrogens with zero attached hydrogens (tertiary/aromatic N) is 1. The minimum Gasteiger partial charge on any atom is -0.503 e. The van der Waals surface area contributed by atoms with Crippen LogP contribution >= 0.6 is 22.9 Å². The Balaban J connectivity index is 2.20. The van der Waals surface area contributed by atoms with Crippen molar-refractivity contribution in [2.24, 2.45) is 0 Å². The van der Waals surface area contributed by atoms with Crippen LogP contribution in [0.15, 0.2) is 47.0 Å². The third-order valence-electron chi connectivity index (χ3n) is 4.07. The van der Waals surface area contributed by atoms with E-state index in [1.165, 1.54) is 16.2 Å². The molecule has 1 aromatic heterocycles. The molecule has 0 spiro atoms. The number of ketones is 1. The minimum atomic E-state index is -0.622. The molecule has 1 amide bonds. The lowest BCUT2D eigenvalue weighted by atomic mass is 9.98. The van der Waals surface area contributed by atoms with Gasteiger partial charge in [0.15, 0.2) is 11.5 Å². The van der Waals surface area contributed by atoms with Crippen LogP contribution in [-0.4, -0.2) is 16.8 Å². The number of rotatable bonds is 4. The van der Waals surface area contributed by atoms with E-state index in [0.717, 1.165) is 10.4 Å². The van der Waals surface area contributed by atoms with E-state index in [1.54, 1.807) is 31.2 Å². The third kappa shape index (κ3) is 2.64. The summed E-state index contributed by atoms with van der Waals surface area (Å²) in [5.41, 5.74) is 1.68. The molecule has 0 saturated carbocycles. The van der Waals surface area contributed by atoms with Crippen molar-refractivity contribution >= 4 is 40.3 Å². The van der Waals surface area contributed by atoms with Gasteiger partial charge in [-0.05, 0) is 42.1 Å². The molecule has 124 valence electrons. The van der Waals surface area contributed by atoms with Gasteiger partial charge in [-0.3, -0.25) is 14.5 Å². The van der Waals surface area contributed by atoms with Gasteiger partial charge in [0.25, 0.3) is 5.91 Å². The predicted octanol–water partition coefficient (Wildman–Crippen LogP) is 4.59. The molecule has 4 nitrogen and oxygen atoms in total. The summed E-state index contributed by atoms with van der Waals surface area (Å²) in [6.45, 7) is 3.64. The number of aliphatic hydroxyl groups excluding tert-OH is 1. The average Bonchev–Trinajstić information content (AvgIpc) is 3.08. The quantitative estimate of drug-likeness (QED) is 0.866. The molecule has 2 heterocycles. The second-order valence-electron chi connectivity index (χ2n) is 5.56. The maximum atomic E-state index is 12.7. The van der Waals surface area contributed by atoms with E-state index in [0.29, 0.717) is 10.7 Å². The van der Waals surface area contributed by atoms with E-state index in [2.05, 4.69) is 0 Å². The molecule has 1 unspecified atom stereocenters. The fourth-order valence-corrected chi connectivity index (χ4v) is 4.09. The smallest absolute Gasteiger partial charge is 0.294 e. The predicted molar refractivity (Wildman–Crippen MR) is 95.7 cm³/mol. The van der Waals surface area contributed by atoms with Crippen molar-refractivity contribution in [1.82, 2.24) is 0 Å². The molecular formula is C18H16ClNO3S. The van der Waals surface area contributed by atoms with E-state index in [-0.39, 0.29) is 17.8 Å².